The maximum Gasteiger partial charge on any atom is 0.266 e. The van der Waals surface area contributed by atoms with Gasteiger partial charge < -0.3 is 19.6 Å². The Balaban J connectivity index is 1.53. The van der Waals surface area contributed by atoms with Crippen molar-refractivity contribution in [1.82, 2.24) is 0 Å². The van der Waals surface area contributed by atoms with Crippen LogP contribution in [0.2, 0.25) is 0 Å². The number of nitrogens with one attached hydrogen (secondary N) is 1. The first-order valence-electron chi connectivity index (χ1n) is 9.37. The van der Waals surface area contributed by atoms with Gasteiger partial charge in [0.2, 0.25) is 0 Å². The molecule has 4 rings (SSSR count). The number of nitriles is 1. The first-order chi connectivity index (χ1) is 15.0. The van der Waals surface area contributed by atoms with Gasteiger partial charge in [-0.1, -0.05) is 54.6 Å². The summed E-state index contributed by atoms with van der Waals surface area (Å²) in [6, 6.07) is 24.5. The van der Waals surface area contributed by atoms with Crippen LogP contribution in [-0.4, -0.2) is 11.9 Å². The highest BCUT2D eigenvalue weighted by atomic mass is 16.4. The summed E-state index contributed by atoms with van der Waals surface area (Å²) < 4.78 is 5.69. The number of carbonyl (C=O) groups is 2. The van der Waals surface area contributed by atoms with Gasteiger partial charge in [0.25, 0.3) is 5.91 Å². The average Bonchev–Trinajstić information content (AvgIpc) is 3.26. The van der Waals surface area contributed by atoms with Crippen molar-refractivity contribution in [2.24, 2.45) is 0 Å². The highest BCUT2D eigenvalue weighted by Crippen LogP contribution is 2.24. The topological polar surface area (TPSA) is 106 Å². The van der Waals surface area contributed by atoms with Gasteiger partial charge in [-0.15, -0.1) is 0 Å². The molecule has 6 heteroatoms. The Kier molecular flexibility index (Phi) is 5.33. The summed E-state index contributed by atoms with van der Waals surface area (Å²) in [5.41, 5.74) is 1.19. The third kappa shape index (κ3) is 4.36. The van der Waals surface area contributed by atoms with Gasteiger partial charge in [0.15, 0.2) is 0 Å². The lowest BCUT2D eigenvalue weighted by Gasteiger charge is -2.06. The van der Waals surface area contributed by atoms with Gasteiger partial charge in [-0.05, 0) is 40.6 Å². The second-order valence-corrected chi connectivity index (χ2v) is 6.75. The molecular weight excluding hydrogens is 392 g/mol. The van der Waals surface area contributed by atoms with E-state index in [1.807, 2.05) is 42.5 Å². The van der Waals surface area contributed by atoms with Crippen molar-refractivity contribution in [3.63, 3.8) is 0 Å². The Morgan fingerprint density at radius 1 is 0.935 bits per heavy atom. The van der Waals surface area contributed by atoms with Gasteiger partial charge in [-0.25, -0.2) is 0 Å². The average molecular weight is 407 g/mol. The number of anilines is 1. The zero-order valence-corrected chi connectivity index (χ0v) is 16.2. The van der Waals surface area contributed by atoms with Crippen molar-refractivity contribution in [3.8, 4) is 17.4 Å². The molecule has 4 aromatic rings. The molecule has 0 radical (unpaired) electrons. The molecule has 0 fully saturated rings. The van der Waals surface area contributed by atoms with Gasteiger partial charge in [-0.3, -0.25) is 4.79 Å². The lowest BCUT2D eigenvalue weighted by molar-refractivity contribution is -0.255. The number of fused-ring (bicyclic) bond motifs is 1. The number of rotatable bonds is 5. The van der Waals surface area contributed by atoms with Crippen molar-refractivity contribution < 1.29 is 19.1 Å². The van der Waals surface area contributed by atoms with E-state index in [1.54, 1.807) is 30.3 Å². The molecule has 150 valence electrons. The molecule has 3 aromatic carbocycles. The van der Waals surface area contributed by atoms with E-state index in [2.05, 4.69) is 5.32 Å². The van der Waals surface area contributed by atoms with Crippen LogP contribution >= 0.6 is 0 Å². The van der Waals surface area contributed by atoms with Gasteiger partial charge in [0.05, 0.1) is 5.97 Å². The predicted octanol–water partition coefficient (Wildman–Crippen LogP) is 4.01. The number of furan rings is 1. The standard InChI is InChI=1S/C25H16N2O4/c26-15-20(24(28)27-21-10-9-16-3-1-2-4-19(16)13-21)14-22-11-12-23(31-22)17-5-7-18(8-6-17)25(29)30/h1-14H,(H,27,28)(H,29,30)/p-1/b20-14+. The number of hydrogen-bond acceptors (Lipinski definition) is 5. The smallest absolute Gasteiger partial charge is 0.266 e. The monoisotopic (exact) mass is 407 g/mol. The molecule has 6 nitrogen and oxygen atoms in total. The Hall–Kier alpha value is -4.63. The van der Waals surface area contributed by atoms with Crippen molar-refractivity contribution in [2.45, 2.75) is 0 Å². The normalized spacial score (nSPS) is 11.1. The van der Waals surface area contributed by atoms with E-state index in [1.165, 1.54) is 18.2 Å². The van der Waals surface area contributed by atoms with Crippen LogP contribution in [0.4, 0.5) is 5.69 Å². The number of amides is 1. The molecule has 1 amide bonds. The fourth-order valence-electron chi connectivity index (χ4n) is 3.11. The summed E-state index contributed by atoms with van der Waals surface area (Å²) in [4.78, 5) is 23.4. The van der Waals surface area contributed by atoms with Gasteiger partial charge in [0, 0.05) is 17.3 Å². The van der Waals surface area contributed by atoms with Crippen LogP contribution < -0.4 is 10.4 Å². The zero-order valence-electron chi connectivity index (χ0n) is 16.2. The van der Waals surface area contributed by atoms with E-state index in [4.69, 9.17) is 4.42 Å². The Labute approximate surface area is 177 Å². The van der Waals surface area contributed by atoms with Crippen LogP contribution in [0.1, 0.15) is 16.1 Å². The molecule has 0 aliphatic rings. The first kappa shape index (κ1) is 19.7. The van der Waals surface area contributed by atoms with Crippen molar-refractivity contribution in [3.05, 3.63) is 95.8 Å². The SMILES string of the molecule is N#C/C(=C\c1ccc(-c2ccc(C(=O)[O-])cc2)o1)C(=O)Nc1ccc2ccccc2c1. The fourth-order valence-corrected chi connectivity index (χ4v) is 3.11. The molecule has 0 bridgehead atoms. The van der Waals surface area contributed by atoms with E-state index >= 15 is 0 Å². The van der Waals surface area contributed by atoms with Crippen molar-refractivity contribution in [2.75, 3.05) is 5.32 Å². The molecule has 0 saturated carbocycles. The minimum absolute atomic E-state index is 0.0625. The second kappa shape index (κ2) is 8.39. The number of carbonyl (C=O) groups excluding carboxylic acids is 2. The molecule has 1 N–H and O–H groups in total. The van der Waals surface area contributed by atoms with Crippen molar-refractivity contribution in [1.29, 1.82) is 5.26 Å². The quantitative estimate of drug-likeness (QED) is 0.397. The number of nitrogens with zero attached hydrogens (tertiary/aromatic N) is 1. The molecule has 0 atom stereocenters. The second-order valence-electron chi connectivity index (χ2n) is 6.75. The van der Waals surface area contributed by atoms with Crippen molar-refractivity contribution >= 4 is 34.4 Å². The molecule has 0 spiro atoms. The third-order valence-electron chi connectivity index (χ3n) is 4.69. The fraction of sp³-hybridized carbons (Fsp3) is 0. The number of aromatic carboxylic acids is 1. The Morgan fingerprint density at radius 3 is 2.39 bits per heavy atom. The summed E-state index contributed by atoms with van der Waals surface area (Å²) in [5, 5.41) is 25.0. The molecule has 0 aliphatic carbocycles. The summed E-state index contributed by atoms with van der Waals surface area (Å²) in [5.74, 6) is -1.01. The molecular formula is C25H15N2O4-. The highest BCUT2D eigenvalue weighted by molar-refractivity contribution is 6.10. The van der Waals surface area contributed by atoms with Crippen LogP contribution in [0.25, 0.3) is 28.2 Å². The molecule has 0 unspecified atom stereocenters. The summed E-state index contributed by atoms with van der Waals surface area (Å²) >= 11 is 0. The third-order valence-corrected chi connectivity index (χ3v) is 4.69. The van der Waals surface area contributed by atoms with E-state index in [0.717, 1.165) is 10.8 Å². The number of hydrogen-bond donors (Lipinski definition) is 1. The molecule has 1 heterocycles. The summed E-state index contributed by atoms with van der Waals surface area (Å²) in [6.07, 6.45) is 1.36. The minimum atomic E-state index is -1.26. The number of benzene rings is 3. The van der Waals surface area contributed by atoms with E-state index < -0.39 is 11.9 Å². The van der Waals surface area contributed by atoms with E-state index in [-0.39, 0.29) is 11.1 Å². The first-order valence-corrected chi connectivity index (χ1v) is 9.37. The number of carboxylic acid groups (broad SMARTS) is 1. The largest absolute Gasteiger partial charge is 0.545 e. The van der Waals surface area contributed by atoms with Crippen LogP contribution in [0.3, 0.4) is 0 Å². The zero-order chi connectivity index (χ0) is 21.8. The Morgan fingerprint density at radius 2 is 1.68 bits per heavy atom. The van der Waals surface area contributed by atoms with Crippen LogP contribution in [0.15, 0.2) is 88.9 Å². The van der Waals surface area contributed by atoms with E-state index in [0.29, 0.717) is 22.8 Å². The summed E-state index contributed by atoms with van der Waals surface area (Å²) in [7, 11) is 0. The highest BCUT2D eigenvalue weighted by Gasteiger charge is 2.12. The molecule has 0 saturated heterocycles. The molecule has 0 aliphatic heterocycles. The number of carboxylic acids is 1. The van der Waals surface area contributed by atoms with Crippen LogP contribution in [0.5, 0.6) is 0 Å². The lowest BCUT2D eigenvalue weighted by atomic mass is 10.1. The van der Waals surface area contributed by atoms with Gasteiger partial charge in [-0.2, -0.15) is 5.26 Å². The lowest BCUT2D eigenvalue weighted by Crippen LogP contribution is -2.21. The van der Waals surface area contributed by atoms with Gasteiger partial charge in [0.1, 0.15) is 23.2 Å². The predicted molar refractivity (Wildman–Crippen MR) is 115 cm³/mol. The maximum atomic E-state index is 12.6. The van der Waals surface area contributed by atoms with Crippen LogP contribution in [0, 0.1) is 11.3 Å². The minimum Gasteiger partial charge on any atom is -0.545 e. The molecule has 1 aromatic heterocycles. The summed E-state index contributed by atoms with van der Waals surface area (Å²) in [6.45, 7) is 0. The van der Waals surface area contributed by atoms with Gasteiger partial charge >= 0.3 is 0 Å². The molecule has 31 heavy (non-hydrogen) atoms. The van der Waals surface area contributed by atoms with Crippen LogP contribution in [-0.2, 0) is 4.79 Å². The maximum absolute atomic E-state index is 12.6. The van der Waals surface area contributed by atoms with E-state index in [9.17, 15) is 20.0 Å². The Bertz CT molecular complexity index is 1360.